The van der Waals surface area contributed by atoms with Crippen LogP contribution in [-0.4, -0.2) is 75.1 Å². The van der Waals surface area contributed by atoms with Crippen LogP contribution in [0.1, 0.15) is 45.1 Å². The van der Waals surface area contributed by atoms with Crippen LogP contribution in [-0.2, 0) is 11.3 Å². The molecule has 2 aliphatic rings. The second-order valence-electron chi connectivity index (χ2n) is 10.6. The molecule has 1 aliphatic carbocycles. The Hall–Kier alpha value is -2.99. The monoisotopic (exact) mass is 546 g/mol. The summed E-state index contributed by atoms with van der Waals surface area (Å²) in [4.78, 5) is 45.1. The number of anilines is 1. The van der Waals surface area contributed by atoms with Crippen LogP contribution in [0.2, 0.25) is 0 Å². The Balaban J connectivity index is 0.00000400. The number of piperazine rings is 1. The highest BCUT2D eigenvalue weighted by Gasteiger charge is 2.31. The molecule has 1 aromatic heterocycles. The number of amides is 3. The van der Waals surface area contributed by atoms with Gasteiger partial charge in [0.2, 0.25) is 5.91 Å². The maximum absolute atomic E-state index is 12.8. The summed E-state index contributed by atoms with van der Waals surface area (Å²) in [5.74, 6) is 0.0394. The molecule has 12 heteroatoms. The lowest BCUT2D eigenvalue weighted by Crippen LogP contribution is -2.58. The van der Waals surface area contributed by atoms with Crippen LogP contribution in [0.3, 0.4) is 0 Å². The normalized spacial score (nSPS) is 20.0. The van der Waals surface area contributed by atoms with E-state index in [1.54, 1.807) is 35.9 Å². The highest BCUT2D eigenvalue weighted by atomic mass is 35.5. The van der Waals surface area contributed by atoms with Crippen molar-refractivity contribution in [1.29, 1.82) is 0 Å². The van der Waals surface area contributed by atoms with Crippen LogP contribution in [0.4, 0.5) is 10.6 Å². The topological polar surface area (TPSA) is 152 Å². The summed E-state index contributed by atoms with van der Waals surface area (Å²) in [6.07, 6.45) is 5.86. The summed E-state index contributed by atoms with van der Waals surface area (Å²) in [7, 11) is 0. The maximum Gasteiger partial charge on any atom is 0.354 e. The molecule has 1 saturated heterocycles. The Kier molecular flexibility index (Phi) is 9.88. The number of urea groups is 1. The molecule has 2 aromatic rings. The first-order valence-electron chi connectivity index (χ1n) is 12.9. The molecule has 1 aliphatic heterocycles. The van der Waals surface area contributed by atoms with Crippen LogP contribution in [0.25, 0.3) is 5.69 Å². The molecule has 0 radical (unpaired) electrons. The van der Waals surface area contributed by atoms with Crippen LogP contribution in [0, 0.1) is 0 Å². The highest BCUT2D eigenvalue weighted by Crippen LogP contribution is 2.18. The Morgan fingerprint density at radius 1 is 1.05 bits per heavy atom. The van der Waals surface area contributed by atoms with E-state index in [2.05, 4.69) is 15.6 Å². The lowest BCUT2D eigenvalue weighted by atomic mass is 9.92. The number of nitrogens with zero attached hydrogens (tertiary/aromatic N) is 4. The van der Waals surface area contributed by atoms with Crippen LogP contribution >= 0.6 is 12.4 Å². The minimum Gasteiger partial charge on any atom is -0.338 e. The van der Waals surface area contributed by atoms with Gasteiger partial charge >= 0.3 is 11.7 Å². The third-order valence-electron chi connectivity index (χ3n) is 7.00. The fourth-order valence-electron chi connectivity index (χ4n) is 4.78. The molecular weight excluding hydrogens is 508 g/mol. The molecule has 0 spiro atoms. The average Bonchev–Trinajstić information content (AvgIpc) is 2.88. The van der Waals surface area contributed by atoms with Crippen molar-refractivity contribution >= 4 is 30.2 Å². The molecular formula is C26H39ClN8O3. The summed E-state index contributed by atoms with van der Waals surface area (Å²) in [5, 5.41) is 6.28. The number of carbonyl (C=O) groups excluding carboxylic acids is 2. The van der Waals surface area contributed by atoms with E-state index in [1.807, 2.05) is 24.3 Å². The Bertz CT molecular complexity index is 1170. The van der Waals surface area contributed by atoms with E-state index in [4.69, 9.17) is 11.5 Å². The van der Waals surface area contributed by atoms with Gasteiger partial charge in [0.25, 0.3) is 0 Å². The van der Waals surface area contributed by atoms with Gasteiger partial charge in [-0.25, -0.2) is 9.59 Å². The zero-order valence-electron chi connectivity index (χ0n) is 22.1. The molecule has 0 bridgehead atoms. The number of rotatable bonds is 6. The first kappa shape index (κ1) is 29.6. The quantitative estimate of drug-likeness (QED) is 0.427. The fourth-order valence-corrected chi connectivity index (χ4v) is 4.78. The van der Waals surface area contributed by atoms with Crippen LogP contribution < -0.4 is 27.8 Å². The minimum atomic E-state index is -0.946. The summed E-state index contributed by atoms with van der Waals surface area (Å²) in [6.45, 7) is 5.61. The van der Waals surface area contributed by atoms with Gasteiger partial charge < -0.3 is 26.6 Å². The molecule has 1 saturated carbocycles. The molecule has 0 atom stereocenters. The number of nitrogens with two attached hydrogens (primary N) is 2. The predicted molar refractivity (Wildman–Crippen MR) is 150 cm³/mol. The van der Waals surface area contributed by atoms with E-state index in [-0.39, 0.29) is 30.2 Å². The van der Waals surface area contributed by atoms with E-state index in [0.717, 1.165) is 31.2 Å². The zero-order valence-corrected chi connectivity index (χ0v) is 22.9. The van der Waals surface area contributed by atoms with Crippen LogP contribution in [0.15, 0.2) is 41.3 Å². The maximum atomic E-state index is 12.8. The molecule has 208 valence electrons. The minimum absolute atomic E-state index is 0. The average molecular weight is 547 g/mol. The van der Waals surface area contributed by atoms with E-state index in [1.165, 1.54) is 4.57 Å². The van der Waals surface area contributed by atoms with Gasteiger partial charge in [-0.2, -0.15) is 4.98 Å². The van der Waals surface area contributed by atoms with Crippen molar-refractivity contribution in [2.75, 3.05) is 31.5 Å². The number of carbonyl (C=O) groups is 2. The number of aromatic nitrogens is 2. The van der Waals surface area contributed by atoms with Gasteiger partial charge in [0, 0.05) is 51.0 Å². The second-order valence-corrected chi connectivity index (χ2v) is 10.6. The summed E-state index contributed by atoms with van der Waals surface area (Å²) >= 11 is 0. The highest BCUT2D eigenvalue weighted by molar-refractivity contribution is 5.89. The van der Waals surface area contributed by atoms with Gasteiger partial charge in [-0.1, -0.05) is 12.1 Å². The lowest BCUT2D eigenvalue weighted by Gasteiger charge is -2.37. The van der Waals surface area contributed by atoms with Crippen molar-refractivity contribution in [3.63, 3.8) is 0 Å². The number of nitrogens with one attached hydrogen (secondary N) is 2. The first-order chi connectivity index (χ1) is 17.6. The van der Waals surface area contributed by atoms with Crippen molar-refractivity contribution in [3.05, 3.63) is 52.6 Å². The molecule has 38 heavy (non-hydrogen) atoms. The number of benzene rings is 1. The molecule has 11 nitrogen and oxygen atoms in total. The molecule has 3 amide bonds. The van der Waals surface area contributed by atoms with Crippen molar-refractivity contribution in [3.8, 4) is 5.69 Å². The van der Waals surface area contributed by atoms with Crippen molar-refractivity contribution in [1.82, 2.24) is 24.7 Å². The van der Waals surface area contributed by atoms with E-state index in [0.29, 0.717) is 50.5 Å². The van der Waals surface area contributed by atoms with Gasteiger partial charge in [0.1, 0.15) is 5.82 Å². The van der Waals surface area contributed by atoms with Crippen LogP contribution in [0.5, 0.6) is 0 Å². The van der Waals surface area contributed by atoms with Gasteiger partial charge in [-0.15, -0.1) is 12.4 Å². The van der Waals surface area contributed by atoms with E-state index < -0.39 is 11.2 Å². The molecule has 2 fully saturated rings. The molecule has 2 heterocycles. The fraction of sp³-hybridized carbons (Fsp3) is 0.538. The number of hydrogen-bond donors (Lipinski definition) is 4. The largest absolute Gasteiger partial charge is 0.354 e. The number of halogens is 1. The molecule has 1 aromatic carbocycles. The van der Waals surface area contributed by atoms with E-state index >= 15 is 0 Å². The zero-order chi connectivity index (χ0) is 26.6. The first-order valence-corrected chi connectivity index (χ1v) is 12.9. The summed E-state index contributed by atoms with van der Waals surface area (Å²) in [6, 6.07) is 9.79. The van der Waals surface area contributed by atoms with Gasteiger partial charge in [-0.05, 0) is 63.3 Å². The smallest absolute Gasteiger partial charge is 0.338 e. The summed E-state index contributed by atoms with van der Waals surface area (Å²) < 4.78 is 1.46. The molecule has 4 rings (SSSR count). The Morgan fingerprint density at radius 3 is 2.34 bits per heavy atom. The van der Waals surface area contributed by atoms with Crippen molar-refractivity contribution < 1.29 is 9.59 Å². The molecule has 0 unspecified atom stereocenters. The second kappa shape index (κ2) is 12.7. The standard InChI is InChI=1S/C26H38N8O3.ClH/c1-26(2,28)23(35)32-12-14-33(15-13-32)24(36)30-22-10-11-34(25(37)31-22)21-5-3-4-18(16-21)17-29-20-8-6-19(27)7-9-20;/h3-5,10-11,16,19-20,29H,6-9,12-15,17,27-28H2,1-2H3,(H,30,31,36,37);1H. The molecule has 6 N–H and O–H groups in total. The predicted octanol–water partition coefficient (Wildman–Crippen LogP) is 1.43. The van der Waals surface area contributed by atoms with Crippen molar-refractivity contribution in [2.24, 2.45) is 11.5 Å². The lowest BCUT2D eigenvalue weighted by molar-refractivity contribution is -0.137. The van der Waals surface area contributed by atoms with Gasteiger partial charge in [0.05, 0.1) is 11.2 Å². The third-order valence-corrected chi connectivity index (χ3v) is 7.00. The SMILES string of the molecule is CC(C)(N)C(=O)N1CCN(C(=O)Nc2ccn(-c3cccc(CNC4CCC(N)CC4)c3)c(=O)n2)CC1.Cl. The van der Waals surface area contributed by atoms with Gasteiger partial charge in [-0.3, -0.25) is 14.7 Å². The van der Waals surface area contributed by atoms with Gasteiger partial charge in [0.15, 0.2) is 0 Å². The Morgan fingerprint density at radius 2 is 1.71 bits per heavy atom. The van der Waals surface area contributed by atoms with E-state index in [9.17, 15) is 14.4 Å². The third kappa shape index (κ3) is 7.53. The Labute approximate surface area is 229 Å². The van der Waals surface area contributed by atoms with Crippen molar-refractivity contribution in [2.45, 2.75) is 63.7 Å². The number of hydrogen-bond acceptors (Lipinski definition) is 7. The summed E-state index contributed by atoms with van der Waals surface area (Å²) in [5.41, 5.74) is 12.3.